The number of nitrogens with one attached hydrogen (secondary N) is 2. The van der Waals surface area contributed by atoms with Crippen LogP contribution < -0.4 is 10.6 Å². The number of halogens is 4. The van der Waals surface area contributed by atoms with E-state index >= 15 is 0 Å². The van der Waals surface area contributed by atoms with Crippen molar-refractivity contribution in [1.82, 2.24) is 24.8 Å². The lowest BCUT2D eigenvalue weighted by atomic mass is 10.0. The molecular formula is C24H30F4N6O4S. The van der Waals surface area contributed by atoms with Crippen LogP contribution in [0, 0.1) is 0 Å². The first-order valence-corrected chi connectivity index (χ1v) is 13.0. The van der Waals surface area contributed by atoms with Crippen LogP contribution in [0.25, 0.3) is 16.9 Å². The molecule has 3 aromatic heterocycles. The van der Waals surface area contributed by atoms with Crippen LogP contribution in [0.4, 0.5) is 28.0 Å². The molecule has 1 aliphatic heterocycles. The van der Waals surface area contributed by atoms with Crippen LogP contribution in [0.1, 0.15) is 39.1 Å². The Bertz CT molecular complexity index is 1310. The Morgan fingerprint density at radius 2 is 2.10 bits per heavy atom. The summed E-state index contributed by atoms with van der Waals surface area (Å²) in [6, 6.07) is 3.03. The molecule has 0 unspecified atom stereocenters. The second kappa shape index (κ2) is 11.2. The highest BCUT2D eigenvalue weighted by atomic mass is 32.2. The number of ether oxygens (including phenoxy) is 1. The normalized spacial score (nSPS) is 19.7. The van der Waals surface area contributed by atoms with Gasteiger partial charge in [0.2, 0.25) is 5.82 Å². The van der Waals surface area contributed by atoms with Gasteiger partial charge in [-0.3, -0.25) is 0 Å². The fraction of sp³-hybridized carbons (Fsp3) is 0.542. The van der Waals surface area contributed by atoms with E-state index in [-0.39, 0.29) is 40.6 Å². The monoisotopic (exact) mass is 574 g/mol. The molecule has 10 nitrogen and oxygen atoms in total. The molecule has 1 amide bonds. The van der Waals surface area contributed by atoms with E-state index in [1.807, 2.05) is 11.9 Å². The highest BCUT2D eigenvalue weighted by Gasteiger charge is 2.35. The van der Waals surface area contributed by atoms with E-state index in [1.54, 1.807) is 32.9 Å². The number of alkyl carbamates (subject to hydrolysis) is 1. The number of carbonyl (C=O) groups is 1. The smallest absolute Gasteiger partial charge is 0.444 e. The van der Waals surface area contributed by atoms with Crippen molar-refractivity contribution in [1.29, 1.82) is 0 Å². The van der Waals surface area contributed by atoms with E-state index in [0.717, 1.165) is 0 Å². The van der Waals surface area contributed by atoms with Crippen molar-refractivity contribution in [2.75, 3.05) is 32.1 Å². The minimum atomic E-state index is -4.64. The Hall–Kier alpha value is -3.04. The molecule has 0 bridgehead atoms. The van der Waals surface area contributed by atoms with Gasteiger partial charge in [0.05, 0.1) is 34.4 Å². The van der Waals surface area contributed by atoms with Crippen LogP contribution in [-0.2, 0) is 4.74 Å². The number of rotatable bonds is 7. The fourth-order valence-electron chi connectivity index (χ4n) is 4.21. The zero-order chi connectivity index (χ0) is 28.5. The molecule has 4 heterocycles. The Morgan fingerprint density at radius 1 is 1.36 bits per heavy atom. The molecule has 1 saturated heterocycles. The Balaban J connectivity index is 1.69. The van der Waals surface area contributed by atoms with Gasteiger partial charge in [-0.1, -0.05) is 5.16 Å². The van der Waals surface area contributed by atoms with Crippen LogP contribution in [-0.4, -0.2) is 80.7 Å². The van der Waals surface area contributed by atoms with Crippen LogP contribution in [0.5, 0.6) is 0 Å². The molecule has 4 rings (SSSR count). The number of hydrogen-bond donors (Lipinski definition) is 3. The quantitative estimate of drug-likeness (QED) is 0.275. The van der Waals surface area contributed by atoms with Gasteiger partial charge in [0.15, 0.2) is 0 Å². The SMILES string of the molecule is CN1CC[C@@H](Nc2cccn3c(SC(F)(F)F)c(-c4noc([C@H](CO)NC(=O)OC(C)(C)C)n4)cc23)[C@@H](F)C1. The van der Waals surface area contributed by atoms with Gasteiger partial charge in [-0.25, -0.2) is 9.18 Å². The van der Waals surface area contributed by atoms with Crippen LogP contribution >= 0.6 is 11.8 Å². The van der Waals surface area contributed by atoms with E-state index in [0.29, 0.717) is 24.2 Å². The van der Waals surface area contributed by atoms with Gasteiger partial charge < -0.3 is 34.3 Å². The maximum absolute atomic E-state index is 14.7. The highest BCUT2D eigenvalue weighted by Crippen LogP contribution is 2.44. The summed E-state index contributed by atoms with van der Waals surface area (Å²) in [5.74, 6) is -0.403. The molecule has 214 valence electrons. The number of aromatic nitrogens is 3. The third-order valence-corrected chi connectivity index (χ3v) is 6.76. The average Bonchev–Trinajstić information content (AvgIpc) is 3.43. The molecule has 1 fully saturated rings. The molecule has 0 saturated carbocycles. The van der Waals surface area contributed by atoms with Gasteiger partial charge in [-0.05, 0) is 52.4 Å². The number of thioether (sulfide) groups is 1. The summed E-state index contributed by atoms with van der Waals surface area (Å²) >= 11 is -0.352. The molecular weight excluding hydrogens is 544 g/mol. The fourth-order valence-corrected chi connectivity index (χ4v) is 4.95. The van der Waals surface area contributed by atoms with Gasteiger partial charge in [-0.2, -0.15) is 18.2 Å². The summed E-state index contributed by atoms with van der Waals surface area (Å²) in [6.07, 6.45) is -0.0193. The topological polar surface area (TPSA) is 117 Å². The number of aliphatic hydroxyl groups is 1. The molecule has 0 aliphatic carbocycles. The second-order valence-corrected chi connectivity index (χ2v) is 11.3. The number of piperidine rings is 1. The van der Waals surface area contributed by atoms with Gasteiger partial charge in [0.1, 0.15) is 17.8 Å². The third-order valence-electron chi connectivity index (χ3n) is 5.92. The molecule has 15 heteroatoms. The van der Waals surface area contributed by atoms with Crippen molar-refractivity contribution in [3.05, 3.63) is 30.3 Å². The maximum Gasteiger partial charge on any atom is 0.447 e. The number of fused-ring (bicyclic) bond motifs is 1. The molecule has 3 aromatic rings. The van der Waals surface area contributed by atoms with Crippen LogP contribution in [0.3, 0.4) is 0 Å². The summed E-state index contributed by atoms with van der Waals surface area (Å²) < 4.78 is 67.2. The van der Waals surface area contributed by atoms with E-state index in [1.165, 1.54) is 16.7 Å². The van der Waals surface area contributed by atoms with Gasteiger partial charge in [-0.15, -0.1) is 0 Å². The van der Waals surface area contributed by atoms with Crippen molar-refractivity contribution in [3.63, 3.8) is 0 Å². The van der Waals surface area contributed by atoms with Crippen molar-refractivity contribution in [3.8, 4) is 11.4 Å². The molecule has 0 radical (unpaired) electrons. The Morgan fingerprint density at radius 3 is 2.74 bits per heavy atom. The predicted octanol–water partition coefficient (Wildman–Crippen LogP) is 4.61. The Kier molecular flexibility index (Phi) is 8.33. The molecule has 3 N–H and O–H groups in total. The molecule has 0 spiro atoms. The van der Waals surface area contributed by atoms with Crippen molar-refractivity contribution < 1.29 is 36.7 Å². The number of carbonyl (C=O) groups excluding carboxylic acids is 1. The van der Waals surface area contributed by atoms with E-state index < -0.39 is 42.1 Å². The first kappa shape index (κ1) is 29.0. The van der Waals surface area contributed by atoms with Crippen molar-refractivity contribution in [2.45, 2.75) is 61.6 Å². The first-order chi connectivity index (χ1) is 18.2. The number of anilines is 1. The van der Waals surface area contributed by atoms with E-state index in [4.69, 9.17) is 9.26 Å². The molecule has 3 atom stereocenters. The lowest BCUT2D eigenvalue weighted by Crippen LogP contribution is -2.46. The number of amides is 1. The summed E-state index contributed by atoms with van der Waals surface area (Å²) in [7, 11) is 1.83. The standard InChI is InChI=1S/C24H30F4N6O4S/c1-23(2,3)37-22(36)30-17(12-35)20-31-19(32-38-20)13-10-18-16(29-15-7-9-33(4)11-14(15)25)6-5-8-34(18)21(13)39-24(26,27)28/h5-6,8,10,14-15,17,29,35H,7,9,11-12H2,1-4H3,(H,30,36)/t14-,15+,17-/m0/s1. The number of aliphatic hydroxyl groups excluding tert-OH is 1. The van der Waals surface area contributed by atoms with E-state index in [2.05, 4.69) is 20.8 Å². The minimum absolute atomic E-state index is 0.00992. The highest BCUT2D eigenvalue weighted by molar-refractivity contribution is 8.00. The average molecular weight is 575 g/mol. The molecule has 39 heavy (non-hydrogen) atoms. The van der Waals surface area contributed by atoms with Gasteiger partial charge in [0.25, 0.3) is 5.89 Å². The minimum Gasteiger partial charge on any atom is -0.444 e. The number of alkyl halides is 4. The summed E-state index contributed by atoms with van der Waals surface area (Å²) in [6.45, 7) is 5.28. The van der Waals surface area contributed by atoms with Crippen LogP contribution in [0.2, 0.25) is 0 Å². The van der Waals surface area contributed by atoms with Gasteiger partial charge in [0, 0.05) is 31.0 Å². The molecule has 1 aliphatic rings. The van der Waals surface area contributed by atoms with E-state index in [9.17, 15) is 27.5 Å². The van der Waals surface area contributed by atoms with Crippen molar-refractivity contribution >= 4 is 29.1 Å². The third kappa shape index (κ3) is 7.13. The van der Waals surface area contributed by atoms with Crippen LogP contribution in [0.15, 0.2) is 33.9 Å². The number of likely N-dealkylation sites (tertiary alicyclic amines) is 1. The lowest BCUT2D eigenvalue weighted by Gasteiger charge is -2.33. The number of nitrogens with zero attached hydrogens (tertiary/aromatic N) is 4. The summed E-state index contributed by atoms with van der Waals surface area (Å²) in [4.78, 5) is 18.2. The number of pyridine rings is 1. The zero-order valence-electron chi connectivity index (χ0n) is 21.8. The first-order valence-electron chi connectivity index (χ1n) is 12.2. The predicted molar refractivity (Wildman–Crippen MR) is 136 cm³/mol. The Labute approximate surface area is 226 Å². The largest absolute Gasteiger partial charge is 0.447 e. The van der Waals surface area contributed by atoms with Crippen molar-refractivity contribution in [2.24, 2.45) is 0 Å². The zero-order valence-corrected chi connectivity index (χ0v) is 22.6. The lowest BCUT2D eigenvalue weighted by molar-refractivity contribution is -0.0329. The number of hydrogen-bond acceptors (Lipinski definition) is 9. The summed E-state index contributed by atoms with van der Waals surface area (Å²) in [5.41, 5.74) is -4.61. The summed E-state index contributed by atoms with van der Waals surface area (Å²) in [5, 5.41) is 18.9. The second-order valence-electron chi connectivity index (χ2n) is 10.2. The molecule has 0 aromatic carbocycles. The maximum atomic E-state index is 14.7. The van der Waals surface area contributed by atoms with Gasteiger partial charge >= 0.3 is 11.6 Å².